The Labute approximate surface area is 208 Å². The lowest BCUT2D eigenvalue weighted by Gasteiger charge is -2.08. The second kappa shape index (κ2) is 9.91. The SMILES string of the molecule is Cc1ccn(-c2ccc(CNC(=O)c3ccc(-c4nc(C)cc(Cc5cc(C)[nH]n5)n4)cn3)cn2)c1. The summed E-state index contributed by atoms with van der Waals surface area (Å²) >= 11 is 0. The Morgan fingerprint density at radius 2 is 1.86 bits per heavy atom. The molecule has 36 heavy (non-hydrogen) atoms. The Hall–Kier alpha value is -4.66. The van der Waals surface area contributed by atoms with Crippen LogP contribution < -0.4 is 5.32 Å². The van der Waals surface area contributed by atoms with Crippen LogP contribution in [0.2, 0.25) is 0 Å². The van der Waals surface area contributed by atoms with E-state index in [0.717, 1.165) is 39.7 Å². The van der Waals surface area contributed by atoms with Crippen LogP contribution in [0.4, 0.5) is 0 Å². The number of pyridine rings is 2. The van der Waals surface area contributed by atoms with Gasteiger partial charge in [0.2, 0.25) is 0 Å². The second-order valence-electron chi connectivity index (χ2n) is 8.78. The molecule has 0 saturated carbocycles. The summed E-state index contributed by atoms with van der Waals surface area (Å²) in [4.78, 5) is 30.7. The molecule has 0 aromatic carbocycles. The standard InChI is InChI=1S/C27H26N8O/c1-17-8-9-35(16-17)25-7-4-20(13-29-25)14-30-27(36)24-6-5-21(15-28-24)26-31-18(2)10-22(32-26)12-23-11-19(3)33-34-23/h4-11,13,15-16H,12,14H2,1-3H3,(H,30,36)(H,33,34). The van der Waals surface area contributed by atoms with Crippen molar-refractivity contribution in [2.24, 2.45) is 0 Å². The Morgan fingerprint density at radius 3 is 2.53 bits per heavy atom. The van der Waals surface area contributed by atoms with E-state index in [2.05, 4.69) is 35.5 Å². The number of hydrogen-bond acceptors (Lipinski definition) is 6. The number of amides is 1. The predicted octanol–water partition coefficient (Wildman–Crippen LogP) is 3.89. The molecule has 0 aliphatic heterocycles. The highest BCUT2D eigenvalue weighted by molar-refractivity contribution is 5.92. The van der Waals surface area contributed by atoms with E-state index < -0.39 is 0 Å². The summed E-state index contributed by atoms with van der Waals surface area (Å²) in [5.41, 5.74) is 6.81. The first kappa shape index (κ1) is 23.1. The van der Waals surface area contributed by atoms with Crippen LogP contribution in [-0.4, -0.2) is 40.6 Å². The maximum absolute atomic E-state index is 12.6. The predicted molar refractivity (Wildman–Crippen MR) is 136 cm³/mol. The summed E-state index contributed by atoms with van der Waals surface area (Å²) in [7, 11) is 0. The fraction of sp³-hybridized carbons (Fsp3) is 0.185. The average Bonchev–Trinajstić information content (AvgIpc) is 3.50. The molecule has 5 aromatic heterocycles. The maximum atomic E-state index is 12.6. The van der Waals surface area contributed by atoms with E-state index in [0.29, 0.717) is 24.5 Å². The van der Waals surface area contributed by atoms with Crippen LogP contribution in [-0.2, 0) is 13.0 Å². The molecule has 0 aliphatic carbocycles. The number of aryl methyl sites for hydroxylation is 3. The average molecular weight is 479 g/mol. The Kier molecular flexibility index (Phi) is 6.36. The van der Waals surface area contributed by atoms with E-state index in [-0.39, 0.29) is 5.91 Å². The quantitative estimate of drug-likeness (QED) is 0.367. The summed E-state index contributed by atoms with van der Waals surface area (Å²) in [5.74, 6) is 1.14. The van der Waals surface area contributed by atoms with Gasteiger partial charge in [0.05, 0.1) is 11.4 Å². The topological polar surface area (TPSA) is 114 Å². The van der Waals surface area contributed by atoms with Gasteiger partial charge in [-0.2, -0.15) is 5.10 Å². The largest absolute Gasteiger partial charge is 0.347 e. The first-order valence-corrected chi connectivity index (χ1v) is 11.6. The van der Waals surface area contributed by atoms with Gasteiger partial charge in [-0.1, -0.05) is 6.07 Å². The van der Waals surface area contributed by atoms with Crippen LogP contribution in [0.5, 0.6) is 0 Å². The fourth-order valence-electron chi connectivity index (χ4n) is 3.86. The van der Waals surface area contributed by atoms with Crippen LogP contribution in [0.3, 0.4) is 0 Å². The molecule has 1 amide bonds. The number of nitrogens with zero attached hydrogens (tertiary/aromatic N) is 6. The van der Waals surface area contributed by atoms with Gasteiger partial charge >= 0.3 is 0 Å². The first-order valence-electron chi connectivity index (χ1n) is 11.6. The van der Waals surface area contributed by atoms with Gasteiger partial charge in [-0.15, -0.1) is 0 Å². The normalized spacial score (nSPS) is 11.0. The van der Waals surface area contributed by atoms with Crippen molar-refractivity contribution in [1.82, 2.24) is 40.0 Å². The Bertz CT molecular complexity index is 1500. The van der Waals surface area contributed by atoms with Gasteiger partial charge in [0, 0.05) is 54.7 Å². The van der Waals surface area contributed by atoms with Gasteiger partial charge in [0.25, 0.3) is 5.91 Å². The summed E-state index contributed by atoms with van der Waals surface area (Å²) in [6.07, 6.45) is 7.98. The van der Waals surface area contributed by atoms with Crippen LogP contribution in [0.1, 0.15) is 44.4 Å². The Morgan fingerprint density at radius 1 is 0.972 bits per heavy atom. The molecular formula is C27H26N8O. The van der Waals surface area contributed by atoms with Crippen molar-refractivity contribution >= 4 is 5.91 Å². The molecule has 0 fully saturated rings. The highest BCUT2D eigenvalue weighted by atomic mass is 16.1. The van der Waals surface area contributed by atoms with Gasteiger partial charge in [-0.3, -0.25) is 14.9 Å². The molecule has 5 heterocycles. The van der Waals surface area contributed by atoms with E-state index in [4.69, 9.17) is 0 Å². The number of aromatic nitrogens is 7. The number of H-pyrrole nitrogens is 1. The monoisotopic (exact) mass is 478 g/mol. The van der Waals surface area contributed by atoms with Gasteiger partial charge in [-0.25, -0.2) is 15.0 Å². The molecule has 180 valence electrons. The molecular weight excluding hydrogens is 452 g/mol. The van der Waals surface area contributed by atoms with Crippen LogP contribution in [0, 0.1) is 20.8 Å². The van der Waals surface area contributed by atoms with E-state index in [1.54, 1.807) is 18.5 Å². The Balaban J connectivity index is 1.22. The van der Waals surface area contributed by atoms with Crippen LogP contribution >= 0.6 is 0 Å². The fourth-order valence-corrected chi connectivity index (χ4v) is 3.86. The molecule has 0 aliphatic rings. The number of aromatic amines is 1. The summed E-state index contributed by atoms with van der Waals surface area (Å²) < 4.78 is 1.96. The van der Waals surface area contributed by atoms with Crippen molar-refractivity contribution in [2.45, 2.75) is 33.7 Å². The molecule has 5 aromatic rings. The van der Waals surface area contributed by atoms with E-state index in [1.807, 2.05) is 74.1 Å². The van der Waals surface area contributed by atoms with Crippen LogP contribution in [0.25, 0.3) is 17.2 Å². The van der Waals surface area contributed by atoms with Crippen molar-refractivity contribution in [2.75, 3.05) is 0 Å². The van der Waals surface area contributed by atoms with Crippen molar-refractivity contribution in [3.63, 3.8) is 0 Å². The number of nitrogens with one attached hydrogen (secondary N) is 2. The summed E-state index contributed by atoms with van der Waals surface area (Å²) in [6, 6.07) is 13.4. The zero-order valence-electron chi connectivity index (χ0n) is 20.4. The zero-order valence-corrected chi connectivity index (χ0v) is 20.4. The molecule has 0 spiro atoms. The van der Waals surface area contributed by atoms with E-state index in [9.17, 15) is 4.79 Å². The molecule has 5 rings (SSSR count). The van der Waals surface area contributed by atoms with Crippen molar-refractivity contribution in [3.8, 4) is 17.2 Å². The minimum atomic E-state index is -0.258. The summed E-state index contributed by atoms with van der Waals surface area (Å²) in [5, 5.41) is 10.1. The van der Waals surface area contributed by atoms with Gasteiger partial charge in [0.1, 0.15) is 11.5 Å². The molecule has 0 unspecified atom stereocenters. The highest BCUT2D eigenvalue weighted by Gasteiger charge is 2.11. The minimum Gasteiger partial charge on any atom is -0.347 e. The third kappa shape index (κ3) is 5.35. The molecule has 9 heteroatoms. The number of rotatable bonds is 7. The zero-order chi connectivity index (χ0) is 25.1. The number of carbonyl (C=O) groups is 1. The van der Waals surface area contributed by atoms with Gasteiger partial charge in [-0.05, 0) is 68.3 Å². The molecule has 0 atom stereocenters. The number of hydrogen-bond donors (Lipinski definition) is 2. The molecule has 9 nitrogen and oxygen atoms in total. The van der Waals surface area contributed by atoms with Crippen molar-refractivity contribution < 1.29 is 4.79 Å². The minimum absolute atomic E-state index is 0.258. The van der Waals surface area contributed by atoms with Crippen LogP contribution in [0.15, 0.2) is 67.3 Å². The molecule has 0 saturated heterocycles. The smallest absolute Gasteiger partial charge is 0.270 e. The lowest BCUT2D eigenvalue weighted by molar-refractivity contribution is 0.0946. The lowest BCUT2D eigenvalue weighted by atomic mass is 10.2. The second-order valence-corrected chi connectivity index (χ2v) is 8.78. The first-order chi connectivity index (χ1) is 17.4. The van der Waals surface area contributed by atoms with E-state index >= 15 is 0 Å². The van der Waals surface area contributed by atoms with Crippen molar-refractivity contribution in [1.29, 1.82) is 0 Å². The van der Waals surface area contributed by atoms with Gasteiger partial charge in [0.15, 0.2) is 5.82 Å². The molecule has 2 N–H and O–H groups in total. The van der Waals surface area contributed by atoms with E-state index in [1.165, 1.54) is 5.56 Å². The van der Waals surface area contributed by atoms with Gasteiger partial charge < -0.3 is 9.88 Å². The maximum Gasteiger partial charge on any atom is 0.270 e. The lowest BCUT2D eigenvalue weighted by Crippen LogP contribution is -2.23. The third-order valence-corrected chi connectivity index (χ3v) is 5.65. The molecule has 0 radical (unpaired) electrons. The summed E-state index contributed by atoms with van der Waals surface area (Å²) in [6.45, 7) is 6.29. The van der Waals surface area contributed by atoms with Crippen molar-refractivity contribution in [3.05, 3.63) is 107 Å². The third-order valence-electron chi connectivity index (χ3n) is 5.65. The highest BCUT2D eigenvalue weighted by Crippen LogP contribution is 2.17. The number of carbonyl (C=O) groups excluding carboxylic acids is 1. The molecule has 0 bridgehead atoms.